The number of thiazole rings is 1. The van der Waals surface area contributed by atoms with E-state index in [0.29, 0.717) is 17.5 Å². The third-order valence-electron chi connectivity index (χ3n) is 9.87. The summed E-state index contributed by atoms with van der Waals surface area (Å²) in [5, 5.41) is 10.8. The summed E-state index contributed by atoms with van der Waals surface area (Å²) in [7, 11) is 0. The Kier molecular flexibility index (Phi) is 6.55. The van der Waals surface area contributed by atoms with Gasteiger partial charge in [-0.3, -0.25) is 9.59 Å². The van der Waals surface area contributed by atoms with Crippen molar-refractivity contribution in [2.45, 2.75) is 70.8 Å². The molecule has 1 aromatic heterocycles. The Hall–Kier alpha value is -1.98. The number of rotatable bonds is 4. The minimum Gasteiger partial charge on any atom is -0.445 e. The number of aliphatic hydroxyl groups is 1. The standard InChI is InChI=1S/C27H30F3NO5S2/c1-13-7-16-17-9-19(29)18-8-15(32)5-6-24(18,3)26(17,30)20(33)10-25(16,4)27(13,23(35)37-11-28)36-22(34)21-14(2)31-12-38-21/h5-6,12-13,16-17,20,33H,7-11H2,1-4H3/t13-,16?,17?,20+,24+,25+,26+,27+/m1/s1. The SMILES string of the molecule is Cc1ncsc1C(=O)O[C@]1(C(=O)SCF)[C@H](C)CC2C3CC(F)=C4CC(=O)C=C[C@]4(C)[C@@]3(F)[C@@H](O)C[C@@]21C. The van der Waals surface area contributed by atoms with Crippen LogP contribution >= 0.6 is 23.1 Å². The molecule has 8 atom stereocenters. The topological polar surface area (TPSA) is 93.6 Å². The van der Waals surface area contributed by atoms with Gasteiger partial charge in [0.25, 0.3) is 0 Å². The van der Waals surface area contributed by atoms with Crippen LogP contribution in [0.1, 0.15) is 61.8 Å². The van der Waals surface area contributed by atoms with Crippen LogP contribution in [-0.2, 0) is 14.3 Å². The molecule has 5 rings (SSSR count). The van der Waals surface area contributed by atoms with Gasteiger partial charge in [-0.05, 0) is 56.0 Å². The Morgan fingerprint density at radius 1 is 1.32 bits per heavy atom. The predicted molar refractivity (Wildman–Crippen MR) is 137 cm³/mol. The molecule has 6 nitrogen and oxygen atoms in total. The highest BCUT2D eigenvalue weighted by atomic mass is 32.2. The van der Waals surface area contributed by atoms with Gasteiger partial charge in [-0.2, -0.15) is 0 Å². The Balaban J connectivity index is 1.65. The Bertz CT molecular complexity index is 1280. The van der Waals surface area contributed by atoms with E-state index >= 15 is 8.78 Å². The highest BCUT2D eigenvalue weighted by Gasteiger charge is 2.77. The second-order valence-corrected chi connectivity index (χ2v) is 13.2. The molecule has 2 unspecified atom stereocenters. The molecular weight excluding hydrogens is 539 g/mol. The van der Waals surface area contributed by atoms with Crippen molar-refractivity contribution in [2.24, 2.45) is 28.6 Å². The first-order valence-electron chi connectivity index (χ1n) is 12.6. The number of carbonyl (C=O) groups excluding carboxylic acids is 3. The summed E-state index contributed by atoms with van der Waals surface area (Å²) in [6.07, 6.45) is 0.246. The largest absolute Gasteiger partial charge is 0.445 e. The number of aliphatic hydroxyl groups excluding tert-OH is 1. The lowest BCUT2D eigenvalue weighted by Gasteiger charge is -2.62. The van der Waals surface area contributed by atoms with Gasteiger partial charge < -0.3 is 9.84 Å². The number of aromatic nitrogens is 1. The summed E-state index contributed by atoms with van der Waals surface area (Å²) in [5.74, 6) is -4.14. The fourth-order valence-corrected chi connectivity index (χ4v) is 9.51. The minimum atomic E-state index is -2.33. The van der Waals surface area contributed by atoms with E-state index in [-0.39, 0.29) is 41.9 Å². The van der Waals surface area contributed by atoms with Crippen LogP contribution in [0.2, 0.25) is 0 Å². The van der Waals surface area contributed by atoms with E-state index in [1.165, 1.54) is 24.6 Å². The van der Waals surface area contributed by atoms with E-state index in [2.05, 4.69) is 4.98 Å². The van der Waals surface area contributed by atoms with Gasteiger partial charge in [0.1, 0.15) is 16.7 Å². The quantitative estimate of drug-likeness (QED) is 0.482. The van der Waals surface area contributed by atoms with Gasteiger partial charge in [0.2, 0.25) is 5.12 Å². The van der Waals surface area contributed by atoms with Crippen LogP contribution in [0, 0.1) is 35.5 Å². The number of hydrogen-bond acceptors (Lipinski definition) is 8. The van der Waals surface area contributed by atoms with Crippen LogP contribution in [0.25, 0.3) is 0 Å². The third kappa shape index (κ3) is 3.36. The Morgan fingerprint density at radius 3 is 2.66 bits per heavy atom. The van der Waals surface area contributed by atoms with Crippen LogP contribution in [-0.4, -0.2) is 50.3 Å². The average Bonchev–Trinajstić information content (AvgIpc) is 3.37. The van der Waals surface area contributed by atoms with E-state index < -0.39 is 68.9 Å². The van der Waals surface area contributed by atoms with E-state index in [0.717, 1.165) is 11.3 Å². The second-order valence-electron chi connectivity index (χ2n) is 11.5. The maximum Gasteiger partial charge on any atom is 0.351 e. The number of thioether (sulfide) groups is 1. The van der Waals surface area contributed by atoms with Gasteiger partial charge in [-0.15, -0.1) is 11.3 Å². The van der Waals surface area contributed by atoms with Crippen molar-refractivity contribution in [1.82, 2.24) is 4.98 Å². The molecule has 0 radical (unpaired) electrons. The molecule has 0 saturated heterocycles. The van der Waals surface area contributed by atoms with Gasteiger partial charge in [0.15, 0.2) is 17.1 Å². The second kappa shape index (κ2) is 9.02. The van der Waals surface area contributed by atoms with Crippen LogP contribution in [0.5, 0.6) is 0 Å². The van der Waals surface area contributed by atoms with Crippen molar-refractivity contribution >= 4 is 40.0 Å². The highest BCUT2D eigenvalue weighted by molar-refractivity contribution is 8.13. The fourth-order valence-electron chi connectivity index (χ4n) is 8.04. The van der Waals surface area contributed by atoms with E-state index in [9.17, 15) is 23.9 Å². The van der Waals surface area contributed by atoms with Crippen LogP contribution in [0.3, 0.4) is 0 Å². The molecule has 0 amide bonds. The number of allylic oxidation sites excluding steroid dienone is 4. The summed E-state index contributed by atoms with van der Waals surface area (Å²) < 4.78 is 52.6. The number of hydrogen-bond donors (Lipinski definition) is 1. The van der Waals surface area contributed by atoms with E-state index in [1.54, 1.807) is 20.8 Å². The first kappa shape index (κ1) is 27.6. The number of carbonyl (C=O) groups is 3. The fraction of sp³-hybridized carbons (Fsp3) is 0.630. The maximum absolute atomic E-state index is 17.4. The lowest BCUT2D eigenvalue weighted by molar-refractivity contribution is -0.213. The van der Waals surface area contributed by atoms with Crippen molar-refractivity contribution < 1.29 is 37.4 Å². The van der Waals surface area contributed by atoms with E-state index in [1.807, 2.05) is 0 Å². The molecule has 0 aliphatic heterocycles. The van der Waals surface area contributed by atoms with Gasteiger partial charge >= 0.3 is 5.97 Å². The number of ketones is 1. The molecule has 0 spiro atoms. The van der Waals surface area contributed by atoms with Crippen molar-refractivity contribution in [3.8, 4) is 0 Å². The molecule has 2 saturated carbocycles. The van der Waals surface area contributed by atoms with E-state index in [4.69, 9.17) is 4.74 Å². The molecule has 1 N–H and O–H groups in total. The minimum absolute atomic E-state index is 0.0415. The van der Waals surface area contributed by atoms with Gasteiger partial charge in [0, 0.05) is 35.5 Å². The average molecular weight is 570 g/mol. The van der Waals surface area contributed by atoms with Gasteiger partial charge in [-0.1, -0.05) is 19.9 Å². The number of aryl methyl sites for hydroxylation is 1. The zero-order chi connectivity index (χ0) is 27.8. The maximum atomic E-state index is 17.4. The predicted octanol–water partition coefficient (Wildman–Crippen LogP) is 5.45. The lowest BCUT2D eigenvalue weighted by Crippen LogP contribution is -2.69. The molecule has 38 heavy (non-hydrogen) atoms. The van der Waals surface area contributed by atoms with Crippen molar-refractivity contribution in [2.75, 3.05) is 6.01 Å². The van der Waals surface area contributed by atoms with Crippen LogP contribution in [0.15, 0.2) is 29.1 Å². The first-order valence-corrected chi connectivity index (χ1v) is 14.5. The number of ether oxygens (including phenoxy) is 1. The Labute approximate surface area is 227 Å². The normalized spacial score (nSPS) is 41.9. The van der Waals surface area contributed by atoms with Gasteiger partial charge in [-0.25, -0.2) is 22.9 Å². The van der Waals surface area contributed by atoms with Crippen LogP contribution < -0.4 is 0 Å². The molecule has 0 bridgehead atoms. The molecule has 4 aliphatic rings. The molecule has 1 aromatic rings. The lowest BCUT2D eigenvalue weighted by atomic mass is 9.45. The molecule has 0 aromatic carbocycles. The molecule has 206 valence electrons. The van der Waals surface area contributed by atoms with Crippen molar-refractivity contribution in [1.29, 1.82) is 0 Å². The summed E-state index contributed by atoms with van der Waals surface area (Å²) in [4.78, 5) is 43.4. The zero-order valence-electron chi connectivity index (χ0n) is 21.6. The first-order chi connectivity index (χ1) is 17.8. The Morgan fingerprint density at radius 2 is 2.03 bits per heavy atom. The number of fused-ring (bicyclic) bond motifs is 5. The number of nitrogens with zero attached hydrogens (tertiary/aromatic N) is 1. The highest BCUT2D eigenvalue weighted by Crippen LogP contribution is 2.72. The zero-order valence-corrected chi connectivity index (χ0v) is 23.2. The smallest absolute Gasteiger partial charge is 0.351 e. The summed E-state index contributed by atoms with van der Waals surface area (Å²) in [6.45, 7) is 6.49. The molecule has 2 fully saturated rings. The summed E-state index contributed by atoms with van der Waals surface area (Å²) >= 11 is 1.42. The van der Waals surface area contributed by atoms with Crippen molar-refractivity contribution in [3.63, 3.8) is 0 Å². The molecule has 4 aliphatic carbocycles. The van der Waals surface area contributed by atoms with Gasteiger partial charge in [0.05, 0.1) is 17.3 Å². The summed E-state index contributed by atoms with van der Waals surface area (Å²) in [5.41, 5.74) is -5.16. The third-order valence-corrected chi connectivity index (χ3v) is 11.5. The number of halogens is 3. The summed E-state index contributed by atoms with van der Waals surface area (Å²) in [6, 6.07) is -1.05. The molecular formula is C27H30F3NO5S2. The monoisotopic (exact) mass is 569 g/mol. The molecule has 1 heterocycles. The van der Waals surface area contributed by atoms with Crippen LogP contribution in [0.4, 0.5) is 13.2 Å². The van der Waals surface area contributed by atoms with Crippen molar-refractivity contribution in [3.05, 3.63) is 39.6 Å². The number of alkyl halides is 2. The number of esters is 1. The molecule has 11 heteroatoms.